The summed E-state index contributed by atoms with van der Waals surface area (Å²) in [7, 11) is 0. The smallest absolute Gasteiger partial charge is 0.237 e. The topological polar surface area (TPSA) is 58.4 Å². The maximum Gasteiger partial charge on any atom is 0.237 e. The molecule has 0 spiro atoms. The Kier molecular flexibility index (Phi) is 10.1. The van der Waals surface area contributed by atoms with Crippen molar-refractivity contribution >= 4 is 30.7 Å². The van der Waals surface area contributed by atoms with Crippen LogP contribution in [-0.4, -0.2) is 42.5 Å². The molecule has 19 heavy (non-hydrogen) atoms. The minimum absolute atomic E-state index is 0. The molecule has 0 aliphatic carbocycles. The van der Waals surface area contributed by atoms with E-state index in [1.807, 2.05) is 20.8 Å². The lowest BCUT2D eigenvalue weighted by molar-refractivity contribution is -0.125. The number of likely N-dealkylation sites (tertiary alicyclic amines) is 1. The molecule has 1 fully saturated rings. The molecule has 1 aliphatic rings. The number of likely N-dealkylation sites (N-methyl/N-ethyl adjacent to an activating group) is 1. The van der Waals surface area contributed by atoms with E-state index in [2.05, 4.69) is 17.1 Å². The van der Waals surface area contributed by atoms with Gasteiger partial charge in [-0.3, -0.25) is 4.79 Å². The van der Waals surface area contributed by atoms with Crippen LogP contribution in [-0.2, 0) is 4.79 Å². The Labute approximate surface area is 129 Å². The number of piperidine rings is 1. The zero-order valence-corrected chi connectivity index (χ0v) is 14.1. The van der Waals surface area contributed by atoms with Crippen LogP contribution >= 0.6 is 24.8 Å². The van der Waals surface area contributed by atoms with Crippen molar-refractivity contribution in [1.29, 1.82) is 0 Å². The van der Waals surface area contributed by atoms with Crippen LogP contribution in [0.25, 0.3) is 0 Å². The van der Waals surface area contributed by atoms with Gasteiger partial charge in [-0.05, 0) is 31.3 Å². The van der Waals surface area contributed by atoms with E-state index in [1.165, 1.54) is 0 Å². The number of nitrogens with zero attached hydrogens (tertiary/aromatic N) is 1. The summed E-state index contributed by atoms with van der Waals surface area (Å²) >= 11 is 0. The largest absolute Gasteiger partial charge is 0.351 e. The Balaban J connectivity index is 0. The fraction of sp³-hybridized carbons (Fsp3) is 0.923. The first-order valence-corrected chi connectivity index (χ1v) is 6.63. The lowest BCUT2D eigenvalue weighted by Gasteiger charge is -2.34. The van der Waals surface area contributed by atoms with E-state index in [0.29, 0.717) is 0 Å². The molecule has 2 atom stereocenters. The molecule has 1 heterocycles. The summed E-state index contributed by atoms with van der Waals surface area (Å²) in [5.41, 5.74) is 5.78. The first-order valence-electron chi connectivity index (χ1n) is 6.63. The van der Waals surface area contributed by atoms with Crippen LogP contribution < -0.4 is 11.1 Å². The molecule has 1 aliphatic heterocycles. The third-order valence-corrected chi connectivity index (χ3v) is 3.51. The van der Waals surface area contributed by atoms with Gasteiger partial charge in [-0.2, -0.15) is 0 Å². The summed E-state index contributed by atoms with van der Waals surface area (Å²) in [6.07, 6.45) is 2.22. The minimum atomic E-state index is -0.431. The quantitative estimate of drug-likeness (QED) is 0.835. The highest BCUT2D eigenvalue weighted by molar-refractivity contribution is 5.85. The highest BCUT2D eigenvalue weighted by Gasteiger charge is 2.29. The van der Waals surface area contributed by atoms with E-state index >= 15 is 0 Å². The SMILES string of the molecule is CCN1CCCC(NC(=O)[C@@H](N)C(C)(C)C)C1.Cl.Cl. The second kappa shape index (κ2) is 9.01. The molecule has 0 aromatic carbocycles. The average Bonchev–Trinajstić information content (AvgIpc) is 2.27. The molecule has 1 unspecified atom stereocenters. The first kappa shape index (κ1) is 21.3. The molecule has 1 saturated heterocycles. The van der Waals surface area contributed by atoms with Crippen molar-refractivity contribution in [1.82, 2.24) is 10.2 Å². The van der Waals surface area contributed by atoms with Crippen molar-refractivity contribution in [3.05, 3.63) is 0 Å². The van der Waals surface area contributed by atoms with Crippen LogP contribution in [0, 0.1) is 5.41 Å². The average molecular weight is 314 g/mol. The zero-order chi connectivity index (χ0) is 13.1. The fourth-order valence-electron chi connectivity index (χ4n) is 2.14. The van der Waals surface area contributed by atoms with Gasteiger partial charge in [0.1, 0.15) is 0 Å². The molecular weight excluding hydrogens is 285 g/mol. The summed E-state index contributed by atoms with van der Waals surface area (Å²) in [6, 6.07) is -0.163. The summed E-state index contributed by atoms with van der Waals surface area (Å²) < 4.78 is 0. The van der Waals surface area contributed by atoms with Gasteiger partial charge in [-0.25, -0.2) is 0 Å². The van der Waals surface area contributed by atoms with Crippen LogP contribution in [0.15, 0.2) is 0 Å². The lowest BCUT2D eigenvalue weighted by atomic mass is 9.86. The monoisotopic (exact) mass is 313 g/mol. The van der Waals surface area contributed by atoms with E-state index in [0.717, 1.165) is 32.5 Å². The van der Waals surface area contributed by atoms with Crippen molar-refractivity contribution in [2.24, 2.45) is 11.1 Å². The number of rotatable bonds is 3. The van der Waals surface area contributed by atoms with Crippen LogP contribution in [0.5, 0.6) is 0 Å². The lowest BCUT2D eigenvalue weighted by Crippen LogP contribution is -2.55. The van der Waals surface area contributed by atoms with E-state index in [4.69, 9.17) is 5.73 Å². The third-order valence-electron chi connectivity index (χ3n) is 3.51. The molecule has 0 radical (unpaired) electrons. The second-order valence-electron chi connectivity index (χ2n) is 6.08. The van der Waals surface area contributed by atoms with Crippen molar-refractivity contribution < 1.29 is 4.79 Å². The predicted octanol–water partition coefficient (Wildman–Crippen LogP) is 1.80. The Morgan fingerprint density at radius 2 is 2.00 bits per heavy atom. The number of carbonyl (C=O) groups excluding carboxylic acids is 1. The molecule has 4 nitrogen and oxygen atoms in total. The molecule has 1 rings (SSSR count). The summed E-state index contributed by atoms with van der Waals surface area (Å²) in [4.78, 5) is 14.4. The Bertz CT molecular complexity index is 269. The van der Waals surface area contributed by atoms with Crippen LogP contribution in [0.3, 0.4) is 0 Å². The molecule has 1 amide bonds. The minimum Gasteiger partial charge on any atom is -0.351 e. The highest BCUT2D eigenvalue weighted by Crippen LogP contribution is 2.18. The summed E-state index contributed by atoms with van der Waals surface area (Å²) in [5, 5.41) is 3.08. The molecule has 3 N–H and O–H groups in total. The van der Waals surface area contributed by atoms with E-state index in [-0.39, 0.29) is 42.2 Å². The fourth-order valence-corrected chi connectivity index (χ4v) is 2.14. The number of nitrogens with one attached hydrogen (secondary N) is 1. The molecule has 0 saturated carbocycles. The molecule has 0 bridgehead atoms. The predicted molar refractivity (Wildman–Crippen MR) is 85.2 cm³/mol. The van der Waals surface area contributed by atoms with E-state index in [1.54, 1.807) is 0 Å². The van der Waals surface area contributed by atoms with Crippen LogP contribution in [0.1, 0.15) is 40.5 Å². The number of halogens is 2. The van der Waals surface area contributed by atoms with E-state index in [9.17, 15) is 4.79 Å². The van der Waals surface area contributed by atoms with Gasteiger partial charge in [-0.15, -0.1) is 24.8 Å². The number of nitrogens with two attached hydrogens (primary N) is 1. The van der Waals surface area contributed by atoms with E-state index < -0.39 is 6.04 Å². The Morgan fingerprint density at radius 1 is 1.42 bits per heavy atom. The van der Waals surface area contributed by atoms with Crippen molar-refractivity contribution in [2.75, 3.05) is 19.6 Å². The second-order valence-corrected chi connectivity index (χ2v) is 6.08. The van der Waals surface area contributed by atoms with Gasteiger partial charge in [0, 0.05) is 12.6 Å². The van der Waals surface area contributed by atoms with Crippen LogP contribution in [0.2, 0.25) is 0 Å². The van der Waals surface area contributed by atoms with Gasteiger partial charge < -0.3 is 16.0 Å². The number of hydrogen-bond acceptors (Lipinski definition) is 3. The molecular formula is C13H29Cl2N3O. The first-order chi connectivity index (χ1) is 7.84. The van der Waals surface area contributed by atoms with Gasteiger partial charge in [0.15, 0.2) is 0 Å². The van der Waals surface area contributed by atoms with Gasteiger partial charge in [0.05, 0.1) is 6.04 Å². The summed E-state index contributed by atoms with van der Waals surface area (Å²) in [6.45, 7) is 11.3. The normalized spacial score (nSPS) is 21.8. The standard InChI is InChI=1S/C13H27N3O.2ClH/c1-5-16-8-6-7-10(9-16)15-12(17)11(14)13(2,3)4;;/h10-11H,5-9,14H2,1-4H3,(H,15,17);2*1H/t10?,11-;;/m1../s1. The maximum absolute atomic E-state index is 12.0. The number of hydrogen-bond donors (Lipinski definition) is 2. The Hall–Kier alpha value is -0.0300. The highest BCUT2D eigenvalue weighted by atomic mass is 35.5. The molecule has 6 heteroatoms. The van der Waals surface area contributed by atoms with Crippen LogP contribution in [0.4, 0.5) is 0 Å². The number of amides is 1. The number of carbonyl (C=O) groups is 1. The van der Waals surface area contributed by atoms with Gasteiger partial charge in [-0.1, -0.05) is 27.7 Å². The molecule has 0 aromatic rings. The van der Waals surface area contributed by atoms with Crippen molar-refractivity contribution in [3.8, 4) is 0 Å². The molecule has 116 valence electrons. The Morgan fingerprint density at radius 3 is 2.47 bits per heavy atom. The van der Waals surface area contributed by atoms with Crippen molar-refractivity contribution in [2.45, 2.75) is 52.6 Å². The molecule has 0 aromatic heterocycles. The zero-order valence-electron chi connectivity index (χ0n) is 12.4. The summed E-state index contributed by atoms with van der Waals surface area (Å²) in [5.74, 6) is -0.0135. The maximum atomic E-state index is 12.0. The van der Waals surface area contributed by atoms with Crippen molar-refractivity contribution in [3.63, 3.8) is 0 Å². The van der Waals surface area contributed by atoms with Gasteiger partial charge >= 0.3 is 0 Å². The third kappa shape index (κ3) is 6.80. The van der Waals surface area contributed by atoms with Gasteiger partial charge in [0.25, 0.3) is 0 Å². The van der Waals surface area contributed by atoms with Gasteiger partial charge in [0.2, 0.25) is 5.91 Å².